The molecule has 0 radical (unpaired) electrons. The molecule has 4 fully saturated rings. The van der Waals surface area contributed by atoms with Gasteiger partial charge in [0.1, 0.15) is 46.0 Å². The fourth-order valence-electron chi connectivity index (χ4n) is 11.8. The van der Waals surface area contributed by atoms with Crippen molar-refractivity contribution in [1.82, 2.24) is 0 Å². The van der Waals surface area contributed by atoms with Crippen molar-refractivity contribution in [2.75, 3.05) is 80.4 Å². The molecule has 450 valence electrons. The van der Waals surface area contributed by atoms with Crippen LogP contribution in [-0.2, 0) is 28.4 Å². The van der Waals surface area contributed by atoms with Crippen LogP contribution in [0.2, 0.25) is 0 Å². The highest BCUT2D eigenvalue weighted by molar-refractivity contribution is 6.08. The van der Waals surface area contributed by atoms with Crippen molar-refractivity contribution in [3.8, 4) is 57.1 Å². The van der Waals surface area contributed by atoms with Crippen molar-refractivity contribution in [1.29, 1.82) is 0 Å². The van der Waals surface area contributed by atoms with Gasteiger partial charge in [-0.15, -0.1) is 0 Å². The van der Waals surface area contributed by atoms with Crippen LogP contribution < -0.4 is 37.9 Å². The molecule has 8 aromatic carbocycles. The van der Waals surface area contributed by atoms with Gasteiger partial charge in [-0.1, -0.05) is 77.9 Å². The van der Waals surface area contributed by atoms with Gasteiger partial charge in [0.2, 0.25) is 13.6 Å². The fourth-order valence-corrected chi connectivity index (χ4v) is 11.8. The van der Waals surface area contributed by atoms with Gasteiger partial charge in [-0.05, 0) is 206 Å². The van der Waals surface area contributed by atoms with Crippen LogP contribution in [0, 0.1) is 25.7 Å². The van der Waals surface area contributed by atoms with E-state index in [1.54, 1.807) is 0 Å². The zero-order chi connectivity index (χ0) is 58.3. The smallest absolute Gasteiger partial charge is 0.230 e. The molecule has 8 aromatic rings. The summed E-state index contributed by atoms with van der Waals surface area (Å²) in [6, 6.07) is 53.2. The molecule has 0 aromatic heterocycles. The van der Waals surface area contributed by atoms with E-state index in [0.29, 0.717) is 71.4 Å². The molecule has 0 atom stereocenters. The Labute approximate surface area is 504 Å². The summed E-state index contributed by atoms with van der Waals surface area (Å²) in [5, 5.41) is 4.26. The number of aryl methyl sites for hydroxylation is 2. The third kappa shape index (κ3) is 15.9. The first kappa shape index (κ1) is 58.8. The lowest BCUT2D eigenvalue weighted by atomic mass is 9.83. The third-order valence-corrected chi connectivity index (χ3v) is 16.9. The summed E-state index contributed by atoms with van der Waals surface area (Å²) in [7, 11) is 0. The largest absolute Gasteiger partial charge is 0.468 e. The molecule has 2 aliphatic carbocycles. The van der Waals surface area contributed by atoms with Gasteiger partial charge in [0.15, 0.2) is 27.2 Å². The predicted octanol–water partition coefficient (Wildman–Crippen LogP) is 15.3. The molecular formula is C72H78O14. The Morgan fingerprint density at radius 2 is 0.756 bits per heavy atom. The summed E-state index contributed by atoms with van der Waals surface area (Å²) >= 11 is 0. The molecule has 12 rings (SSSR count). The quantitative estimate of drug-likeness (QED) is 0.0326. The molecule has 0 amide bonds. The molecule has 4 aliphatic rings. The Morgan fingerprint density at radius 3 is 1.22 bits per heavy atom. The molecular weight excluding hydrogens is 1090 g/mol. The first-order valence-corrected chi connectivity index (χ1v) is 30.4. The maximum Gasteiger partial charge on any atom is 0.230 e. The summed E-state index contributed by atoms with van der Waals surface area (Å²) in [4.78, 5) is 0. The molecule has 0 unspecified atom stereocenters. The van der Waals surface area contributed by atoms with Crippen LogP contribution in [0.25, 0.3) is 32.7 Å². The van der Waals surface area contributed by atoms with Crippen molar-refractivity contribution in [3.05, 3.63) is 180 Å². The van der Waals surface area contributed by atoms with Gasteiger partial charge >= 0.3 is 0 Å². The van der Waals surface area contributed by atoms with Crippen molar-refractivity contribution in [3.63, 3.8) is 0 Å². The molecule has 0 N–H and O–H groups in total. The molecule has 86 heavy (non-hydrogen) atoms. The molecule has 2 aliphatic heterocycles. The summed E-state index contributed by atoms with van der Waals surface area (Å²) in [6.45, 7) is 9.55. The van der Waals surface area contributed by atoms with Crippen LogP contribution in [0.1, 0.15) is 85.5 Å². The van der Waals surface area contributed by atoms with Gasteiger partial charge in [-0.25, -0.2) is 0 Å². The standard InChI is InChI=1S/C72H78O14/c1-49-4-31-69-57(33-49)13-32-71(86-48-84-66-28-26-64(27-29-66)82-46-80-62-20-11-56(12-21-62)54-7-16-60(17-8-54)78-44-76-42-52-39-74-40-52)72(69)70-36-67(35-58-34-50(2)3-30-68(58)70)85-47-83-65-24-22-63(23-25-65)81-45-79-61-18-9-55(10-19-61)53-5-14-59(15-6-53)77-43-75-41-51-37-73-38-51/h3-8,13-17,22-36,51-52,55-56,61-62H,9-12,18-21,37-48H2,1-2H3. The summed E-state index contributed by atoms with van der Waals surface area (Å²) < 4.78 is 82.9. The number of benzene rings is 8. The van der Waals surface area contributed by atoms with Crippen LogP contribution in [0.3, 0.4) is 0 Å². The van der Waals surface area contributed by atoms with Crippen LogP contribution in [-0.4, -0.2) is 92.6 Å². The topological polar surface area (TPSA) is 129 Å². The maximum absolute atomic E-state index is 6.54. The molecule has 14 nitrogen and oxygen atoms in total. The van der Waals surface area contributed by atoms with E-state index in [0.717, 1.165) is 128 Å². The summed E-state index contributed by atoms with van der Waals surface area (Å²) in [5.41, 5.74) is 6.90. The van der Waals surface area contributed by atoms with Crippen molar-refractivity contribution in [2.45, 2.75) is 89.3 Å². The minimum atomic E-state index is -0.0126. The lowest BCUT2D eigenvalue weighted by molar-refractivity contribution is -0.0926. The molecule has 2 saturated heterocycles. The van der Waals surface area contributed by atoms with E-state index in [9.17, 15) is 0 Å². The minimum Gasteiger partial charge on any atom is -0.468 e. The van der Waals surface area contributed by atoms with Crippen LogP contribution in [0.5, 0.6) is 46.0 Å². The predicted molar refractivity (Wildman–Crippen MR) is 329 cm³/mol. The second kappa shape index (κ2) is 29.2. The van der Waals surface area contributed by atoms with Crippen LogP contribution in [0.4, 0.5) is 0 Å². The Balaban J connectivity index is 0.594. The molecule has 0 bridgehead atoms. The highest BCUT2D eigenvalue weighted by Gasteiger charge is 2.26. The first-order valence-electron chi connectivity index (χ1n) is 30.4. The van der Waals surface area contributed by atoms with E-state index >= 15 is 0 Å². The molecule has 14 heteroatoms. The lowest BCUT2D eigenvalue weighted by Gasteiger charge is -2.29. The van der Waals surface area contributed by atoms with Crippen molar-refractivity contribution < 1.29 is 66.3 Å². The first-order chi connectivity index (χ1) is 42.4. The van der Waals surface area contributed by atoms with Gasteiger partial charge in [-0.3, -0.25) is 0 Å². The average Bonchev–Trinajstić information content (AvgIpc) is 2.13. The second-order valence-electron chi connectivity index (χ2n) is 23.1. The number of ether oxygens (including phenoxy) is 14. The average molecular weight is 1170 g/mol. The van der Waals surface area contributed by atoms with Crippen molar-refractivity contribution >= 4 is 21.5 Å². The SMILES string of the molecule is Cc1ccc2c(-c3c(OCOc4ccc(OCOC5CCC(c6ccc(OCOCC7COC7)cc6)CC5)cc4)ccc4cc(C)ccc34)cc(OCOc3ccc(OCOC4CCC(c5ccc(OCOCC6COC6)cc5)CC4)cc3)cc2c1. The van der Waals surface area contributed by atoms with E-state index in [-0.39, 0.29) is 53.0 Å². The van der Waals surface area contributed by atoms with Gasteiger partial charge in [0, 0.05) is 17.4 Å². The van der Waals surface area contributed by atoms with Crippen molar-refractivity contribution in [2.24, 2.45) is 11.8 Å². The maximum atomic E-state index is 6.54. The highest BCUT2D eigenvalue weighted by Crippen LogP contribution is 2.44. The van der Waals surface area contributed by atoms with E-state index in [4.69, 9.17) is 66.3 Å². The molecule has 2 saturated carbocycles. The normalized spacial score (nSPS) is 18.9. The van der Waals surface area contributed by atoms with Crippen LogP contribution in [0.15, 0.2) is 158 Å². The number of hydrogen-bond acceptors (Lipinski definition) is 14. The zero-order valence-corrected chi connectivity index (χ0v) is 49.3. The molecule has 2 heterocycles. The highest BCUT2D eigenvalue weighted by atomic mass is 16.7. The Hall–Kier alpha value is -7.56. The lowest BCUT2D eigenvalue weighted by Crippen LogP contribution is -2.32. The van der Waals surface area contributed by atoms with Gasteiger partial charge in [0.25, 0.3) is 0 Å². The van der Waals surface area contributed by atoms with E-state index in [1.807, 2.05) is 78.9 Å². The second-order valence-corrected chi connectivity index (χ2v) is 23.1. The molecule has 0 spiro atoms. The van der Waals surface area contributed by atoms with Gasteiger partial charge in [-0.2, -0.15) is 0 Å². The Bertz CT molecular complexity index is 3400. The number of hydrogen-bond donors (Lipinski definition) is 0. The van der Waals surface area contributed by atoms with Crippen LogP contribution >= 0.6 is 0 Å². The fraction of sp³-hybridized carbons (Fsp3) is 0.389. The van der Waals surface area contributed by atoms with E-state index < -0.39 is 0 Å². The van der Waals surface area contributed by atoms with Gasteiger partial charge in [0.05, 0.1) is 51.8 Å². The van der Waals surface area contributed by atoms with Gasteiger partial charge < -0.3 is 66.3 Å². The zero-order valence-electron chi connectivity index (χ0n) is 49.3. The Kier molecular flexibility index (Phi) is 20.0. The summed E-state index contributed by atoms with van der Waals surface area (Å²) in [5.74, 6) is 7.72. The number of fused-ring (bicyclic) bond motifs is 2. The third-order valence-electron chi connectivity index (χ3n) is 16.9. The minimum absolute atomic E-state index is 0.00143. The van der Waals surface area contributed by atoms with E-state index in [1.165, 1.54) is 16.7 Å². The van der Waals surface area contributed by atoms with E-state index in [2.05, 4.69) is 92.7 Å². The Morgan fingerprint density at radius 1 is 0.349 bits per heavy atom. The number of rotatable bonds is 29. The summed E-state index contributed by atoms with van der Waals surface area (Å²) in [6.07, 6.45) is 8.53. The monoisotopic (exact) mass is 1170 g/mol.